The fourth-order valence-electron chi connectivity index (χ4n) is 11.8. The average Bonchev–Trinajstić information content (AvgIpc) is 3.97. The second-order valence-electron chi connectivity index (χ2n) is 21.8. The predicted molar refractivity (Wildman–Crippen MR) is 280 cm³/mol. The van der Waals surface area contributed by atoms with E-state index in [1.54, 1.807) is 20.3 Å². The Hall–Kier alpha value is -2.95. The molecular formula is C59H94O13. The monoisotopic (exact) mass is 1010 g/mol. The highest BCUT2D eigenvalue weighted by Crippen LogP contribution is 2.49. The van der Waals surface area contributed by atoms with Gasteiger partial charge in [-0.15, -0.1) is 6.58 Å². The number of aliphatic hydroxyl groups excluding tert-OH is 2. The van der Waals surface area contributed by atoms with Gasteiger partial charge in [0.25, 0.3) is 0 Å². The molecule has 0 amide bonds. The van der Waals surface area contributed by atoms with E-state index < -0.39 is 24.3 Å². The van der Waals surface area contributed by atoms with Crippen molar-refractivity contribution in [3.8, 4) is 11.5 Å². The van der Waals surface area contributed by atoms with E-state index in [-0.39, 0.29) is 105 Å². The van der Waals surface area contributed by atoms with Crippen LogP contribution in [0.15, 0.2) is 61.2 Å². The van der Waals surface area contributed by atoms with Crippen LogP contribution >= 0.6 is 0 Å². The van der Waals surface area contributed by atoms with Gasteiger partial charge < -0.3 is 57.6 Å². The summed E-state index contributed by atoms with van der Waals surface area (Å²) in [4.78, 5) is 12.9. The highest BCUT2D eigenvalue weighted by atomic mass is 16.8. The zero-order valence-corrected chi connectivity index (χ0v) is 43.7. The molecule has 2 aromatic rings. The summed E-state index contributed by atoms with van der Waals surface area (Å²) in [6.07, 6.45) is 7.30. The van der Waals surface area contributed by atoms with E-state index in [1.165, 1.54) is 0 Å². The molecule has 20 atom stereocenters. The van der Waals surface area contributed by atoms with Crippen molar-refractivity contribution in [1.82, 2.24) is 0 Å². The molecule has 0 saturated carbocycles. The molecule has 2 aromatic carbocycles. The van der Waals surface area contributed by atoms with E-state index >= 15 is 0 Å². The number of Topliss-reactive ketones (excluding diaryl/α,β-unsaturated/α-hetero) is 1. The molecule has 408 valence electrons. The van der Waals surface area contributed by atoms with Crippen LogP contribution in [-0.4, -0.2) is 116 Å². The van der Waals surface area contributed by atoms with Crippen molar-refractivity contribution in [3.05, 3.63) is 72.3 Å². The minimum Gasteiger partial charge on any atom is -0.497 e. The van der Waals surface area contributed by atoms with E-state index in [1.807, 2.05) is 62.4 Å². The van der Waals surface area contributed by atoms with Gasteiger partial charge in [-0.2, -0.15) is 0 Å². The minimum absolute atomic E-state index is 0. The van der Waals surface area contributed by atoms with Crippen molar-refractivity contribution in [1.29, 1.82) is 0 Å². The third-order valence-electron chi connectivity index (χ3n) is 16.4. The topological polar surface area (TPSA) is 150 Å². The van der Waals surface area contributed by atoms with E-state index in [9.17, 15) is 15.0 Å². The van der Waals surface area contributed by atoms with E-state index in [0.29, 0.717) is 57.2 Å². The molecule has 6 saturated heterocycles. The van der Waals surface area contributed by atoms with Crippen LogP contribution in [0.4, 0.5) is 0 Å². The first-order valence-corrected chi connectivity index (χ1v) is 26.5. The van der Waals surface area contributed by atoms with Gasteiger partial charge in [0.2, 0.25) is 0 Å². The van der Waals surface area contributed by atoms with Crippen molar-refractivity contribution in [3.63, 3.8) is 0 Å². The largest absolute Gasteiger partial charge is 0.497 e. The molecule has 72 heavy (non-hydrogen) atoms. The van der Waals surface area contributed by atoms with Crippen molar-refractivity contribution in [2.75, 3.05) is 14.2 Å². The first-order valence-electron chi connectivity index (χ1n) is 26.5. The molecule has 13 heteroatoms. The lowest BCUT2D eigenvalue weighted by Crippen LogP contribution is -2.62. The number of ketones is 1. The average molecular weight is 1010 g/mol. The number of methoxy groups -OCH3 is 2. The minimum atomic E-state index is -1.05. The molecule has 6 aliphatic rings. The Morgan fingerprint density at radius 1 is 0.694 bits per heavy atom. The molecular weight excluding hydrogens is 917 g/mol. The second-order valence-corrected chi connectivity index (χ2v) is 21.8. The number of fused-ring (bicyclic) bond motifs is 3. The summed E-state index contributed by atoms with van der Waals surface area (Å²) in [6, 6.07) is 15.5. The van der Waals surface area contributed by atoms with Crippen LogP contribution in [0.1, 0.15) is 146 Å². The van der Waals surface area contributed by atoms with Crippen LogP contribution in [0.5, 0.6) is 11.5 Å². The molecule has 8 rings (SSSR count). The zero-order chi connectivity index (χ0) is 50.3. The van der Waals surface area contributed by atoms with Gasteiger partial charge >= 0.3 is 0 Å². The predicted octanol–water partition coefficient (Wildman–Crippen LogP) is 10.8. The smallest absolute Gasteiger partial charge is 0.184 e. The maximum atomic E-state index is 12.9. The Morgan fingerprint density at radius 3 is 1.76 bits per heavy atom. The van der Waals surface area contributed by atoms with Gasteiger partial charge in [0.15, 0.2) is 12.1 Å². The van der Waals surface area contributed by atoms with Crippen molar-refractivity contribution in [2.24, 2.45) is 35.5 Å². The lowest BCUT2D eigenvalue weighted by Gasteiger charge is -2.54. The molecule has 0 aromatic heterocycles. The molecule has 6 aliphatic heterocycles. The van der Waals surface area contributed by atoms with Crippen LogP contribution in [0.2, 0.25) is 0 Å². The highest BCUT2D eigenvalue weighted by molar-refractivity contribution is 5.79. The van der Waals surface area contributed by atoms with Crippen LogP contribution in [0.3, 0.4) is 0 Å². The number of hydrogen-bond acceptors (Lipinski definition) is 13. The quantitative estimate of drug-likeness (QED) is 0.129. The molecule has 2 N–H and O–H groups in total. The van der Waals surface area contributed by atoms with Gasteiger partial charge in [0.05, 0.1) is 94.6 Å². The Balaban J connectivity index is 0.000000260. The van der Waals surface area contributed by atoms with Crippen LogP contribution < -0.4 is 9.47 Å². The fraction of sp³-hybridized carbons (Fsp3) is 0.746. The van der Waals surface area contributed by atoms with E-state index in [2.05, 4.69) is 48.1 Å². The van der Waals surface area contributed by atoms with Crippen LogP contribution in [0, 0.1) is 35.5 Å². The summed E-state index contributed by atoms with van der Waals surface area (Å²) in [7, 11) is 3.29. The second kappa shape index (κ2) is 27.2. The number of ether oxygens (including phenoxy) is 10. The molecule has 13 nitrogen and oxygen atoms in total. The Kier molecular flexibility index (Phi) is 22.6. The van der Waals surface area contributed by atoms with E-state index in [0.717, 1.165) is 54.7 Å². The molecule has 0 radical (unpaired) electrons. The summed E-state index contributed by atoms with van der Waals surface area (Å²) in [5.41, 5.74) is 2.06. The van der Waals surface area contributed by atoms with Crippen molar-refractivity contribution < 1.29 is 62.4 Å². The van der Waals surface area contributed by atoms with Gasteiger partial charge in [-0.25, -0.2) is 0 Å². The first-order chi connectivity index (χ1) is 33.6. The zero-order valence-electron chi connectivity index (χ0n) is 43.7. The van der Waals surface area contributed by atoms with Gasteiger partial charge in [0.1, 0.15) is 23.4 Å². The lowest BCUT2D eigenvalue weighted by atomic mass is 9.79. The summed E-state index contributed by atoms with van der Waals surface area (Å²) in [5, 5.41) is 21.7. The molecule has 2 unspecified atom stereocenters. The number of carbonyl (C=O) groups is 1. The molecule has 0 bridgehead atoms. The van der Waals surface area contributed by atoms with Crippen molar-refractivity contribution in [2.45, 2.75) is 233 Å². The number of benzene rings is 2. The SMILES string of the molecule is C.C.C=C[C@@H](OCc1ccc(OC)cc1)[C@@H](C)CC(=O)C[C@H](C)[C@@H]1O[C@@H]2C[C@@H]([C@@H](C)CC)O[C@@H]2C[C@@H]1O.CC[C@H](C)[C@@H]1C[C@H]2O[C@@H]3[C@H](C[C@H]2O1)OC1(C[C@@H]3C)C[C@H](C)[C@H](OCc2ccc(OC)cc2)C(O)O1. The first kappa shape index (κ1) is 59.9. The summed E-state index contributed by atoms with van der Waals surface area (Å²) in [5.74, 6) is 2.26. The van der Waals surface area contributed by atoms with Gasteiger partial charge in [-0.3, -0.25) is 4.79 Å². The standard InChI is InChI=1S/C29H44O6.C28H42O7.2CH4/c1-7-18(3)26-16-28-27(34-26)15-24(31)29(35-28)20(5)14-22(30)13-19(4)25(8-2)33-17-21-9-11-23(32-6)12-10-21;1-6-16(2)21-11-23-22(32-21)12-24-25(33-23)17(3)13-28(34-24)14-18(4)26(27(29)35-28)31-15-19-7-9-20(30-5)10-8-19;;/h8-12,18-20,24-29,31H,2,7,13-17H2,1,3-6H3;7-10,16-18,21-27,29H,6,11-15H2,1-5H3;2*1H4/t18-,19-,20-,24-,25+,26-,27+,28+,29-;16-,17-,18-,21-,22+,23+,24-,25-,26-,27?,28?;;/m00../s1. The molecule has 6 heterocycles. The third-order valence-corrected chi connectivity index (χ3v) is 16.4. The van der Waals surface area contributed by atoms with Gasteiger partial charge in [-0.1, -0.05) is 113 Å². The Labute approximate surface area is 433 Å². The molecule has 6 fully saturated rings. The Bertz CT molecular complexity index is 1920. The van der Waals surface area contributed by atoms with E-state index in [4.69, 9.17) is 47.4 Å². The van der Waals surface area contributed by atoms with Crippen molar-refractivity contribution >= 4 is 5.78 Å². The number of aliphatic hydroxyl groups is 2. The fourth-order valence-corrected chi connectivity index (χ4v) is 11.8. The van der Waals surface area contributed by atoms with Crippen LogP contribution in [-0.2, 0) is 55.9 Å². The van der Waals surface area contributed by atoms with Gasteiger partial charge in [-0.05, 0) is 70.9 Å². The Morgan fingerprint density at radius 2 is 1.22 bits per heavy atom. The maximum absolute atomic E-state index is 12.9. The lowest BCUT2D eigenvalue weighted by molar-refractivity contribution is -0.403. The molecule has 0 aliphatic carbocycles. The number of carbonyl (C=O) groups excluding carboxylic acids is 1. The summed E-state index contributed by atoms with van der Waals surface area (Å²) < 4.78 is 60.9. The summed E-state index contributed by atoms with van der Waals surface area (Å²) >= 11 is 0. The number of rotatable bonds is 19. The highest BCUT2D eigenvalue weighted by Gasteiger charge is 2.57. The van der Waals surface area contributed by atoms with Gasteiger partial charge in [0, 0.05) is 51.4 Å². The number of hydrogen-bond donors (Lipinski definition) is 2. The third kappa shape index (κ3) is 14.7. The maximum Gasteiger partial charge on any atom is 0.184 e. The normalized spacial score (nSPS) is 35.8. The van der Waals surface area contributed by atoms with Crippen LogP contribution in [0.25, 0.3) is 0 Å². The molecule has 1 spiro atoms. The summed E-state index contributed by atoms with van der Waals surface area (Å²) in [6.45, 7) is 22.0.